The second kappa shape index (κ2) is 7.40. The van der Waals surface area contributed by atoms with Crippen molar-refractivity contribution in [1.29, 1.82) is 0 Å². The molecular weight excluding hydrogens is 220 g/mol. The van der Waals surface area contributed by atoms with Gasteiger partial charge in [0.05, 0.1) is 19.8 Å². The van der Waals surface area contributed by atoms with Crippen molar-refractivity contribution in [2.45, 2.75) is 26.7 Å². The van der Waals surface area contributed by atoms with Gasteiger partial charge in [-0.1, -0.05) is 13.8 Å². The fourth-order valence-corrected chi connectivity index (χ4v) is 1.88. The van der Waals surface area contributed by atoms with E-state index in [0.29, 0.717) is 26.2 Å². The molecule has 0 bridgehead atoms. The molecule has 17 heavy (non-hydrogen) atoms. The summed E-state index contributed by atoms with van der Waals surface area (Å²) in [5.41, 5.74) is 0. The monoisotopic (exact) mass is 242 g/mol. The number of nitrogens with zero attached hydrogens (tertiary/aromatic N) is 1. The molecule has 5 heteroatoms. The summed E-state index contributed by atoms with van der Waals surface area (Å²) in [4.78, 5) is 24.6. The average molecular weight is 242 g/mol. The summed E-state index contributed by atoms with van der Waals surface area (Å²) in [5, 5.41) is 3.14. The number of imide groups is 1. The Morgan fingerprint density at radius 2 is 2.12 bits per heavy atom. The summed E-state index contributed by atoms with van der Waals surface area (Å²) < 4.78 is 5.35. The van der Waals surface area contributed by atoms with Crippen LogP contribution in [0.5, 0.6) is 0 Å². The maximum absolute atomic E-state index is 11.8. The molecule has 1 N–H and O–H groups in total. The Bertz CT molecular complexity index is 268. The second-order valence-corrected chi connectivity index (χ2v) is 4.16. The van der Waals surface area contributed by atoms with Crippen LogP contribution < -0.4 is 5.32 Å². The van der Waals surface area contributed by atoms with E-state index in [1.54, 1.807) is 0 Å². The summed E-state index contributed by atoms with van der Waals surface area (Å²) in [7, 11) is 0. The van der Waals surface area contributed by atoms with Crippen molar-refractivity contribution in [2.75, 3.05) is 32.8 Å². The van der Waals surface area contributed by atoms with Crippen LogP contribution >= 0.6 is 0 Å². The number of carbonyl (C=O) groups is 2. The standard InChI is InChI=1S/C12H22N2O3/c1-3-10-9-11(15)14(12(10)16)6-8-17-7-5-13-4-2/h10,13H,3-9H2,1-2H3. The first-order valence-corrected chi connectivity index (χ1v) is 6.33. The van der Waals surface area contributed by atoms with Gasteiger partial charge in [-0.15, -0.1) is 0 Å². The van der Waals surface area contributed by atoms with E-state index in [9.17, 15) is 9.59 Å². The summed E-state index contributed by atoms with van der Waals surface area (Å²) >= 11 is 0. The molecule has 1 aliphatic heterocycles. The number of nitrogens with one attached hydrogen (secondary N) is 1. The lowest BCUT2D eigenvalue weighted by Crippen LogP contribution is -2.34. The van der Waals surface area contributed by atoms with Crippen molar-refractivity contribution in [3.05, 3.63) is 0 Å². The quantitative estimate of drug-likeness (QED) is 0.494. The Labute approximate surface area is 102 Å². The van der Waals surface area contributed by atoms with E-state index in [1.807, 2.05) is 13.8 Å². The van der Waals surface area contributed by atoms with Crippen LogP contribution in [0.15, 0.2) is 0 Å². The van der Waals surface area contributed by atoms with Gasteiger partial charge in [0, 0.05) is 18.9 Å². The van der Waals surface area contributed by atoms with Gasteiger partial charge in [0.15, 0.2) is 0 Å². The highest BCUT2D eigenvalue weighted by Gasteiger charge is 2.36. The Kier molecular flexibility index (Phi) is 6.15. The van der Waals surface area contributed by atoms with Crippen molar-refractivity contribution >= 4 is 11.8 Å². The fraction of sp³-hybridized carbons (Fsp3) is 0.833. The van der Waals surface area contributed by atoms with E-state index in [4.69, 9.17) is 4.74 Å². The molecule has 0 radical (unpaired) electrons. The lowest BCUT2D eigenvalue weighted by molar-refractivity contribution is -0.140. The highest BCUT2D eigenvalue weighted by Crippen LogP contribution is 2.21. The molecule has 0 spiro atoms. The van der Waals surface area contributed by atoms with Crippen LogP contribution in [0, 0.1) is 5.92 Å². The van der Waals surface area contributed by atoms with Crippen molar-refractivity contribution in [1.82, 2.24) is 10.2 Å². The first kappa shape index (κ1) is 14.1. The Morgan fingerprint density at radius 3 is 2.71 bits per heavy atom. The van der Waals surface area contributed by atoms with Gasteiger partial charge in [0.2, 0.25) is 11.8 Å². The first-order chi connectivity index (χ1) is 8.20. The van der Waals surface area contributed by atoms with Crippen molar-refractivity contribution in [3.8, 4) is 0 Å². The molecule has 0 aromatic heterocycles. The van der Waals surface area contributed by atoms with E-state index in [-0.39, 0.29) is 17.7 Å². The molecule has 1 aliphatic rings. The van der Waals surface area contributed by atoms with Gasteiger partial charge in [-0.25, -0.2) is 0 Å². The van der Waals surface area contributed by atoms with Gasteiger partial charge >= 0.3 is 0 Å². The molecule has 1 heterocycles. The van der Waals surface area contributed by atoms with Gasteiger partial charge in [-0.2, -0.15) is 0 Å². The third kappa shape index (κ3) is 4.09. The minimum absolute atomic E-state index is 0.0345. The third-order valence-electron chi connectivity index (χ3n) is 2.96. The van der Waals surface area contributed by atoms with E-state index < -0.39 is 0 Å². The van der Waals surface area contributed by atoms with Crippen molar-refractivity contribution in [2.24, 2.45) is 5.92 Å². The lowest BCUT2D eigenvalue weighted by atomic mass is 10.1. The Balaban J connectivity index is 2.18. The molecule has 0 aromatic rings. The number of likely N-dealkylation sites (N-methyl/N-ethyl adjacent to an activating group) is 1. The fourth-order valence-electron chi connectivity index (χ4n) is 1.88. The minimum atomic E-state index is -0.107. The van der Waals surface area contributed by atoms with E-state index in [1.165, 1.54) is 4.90 Å². The summed E-state index contributed by atoms with van der Waals surface area (Å²) in [6.45, 7) is 7.13. The second-order valence-electron chi connectivity index (χ2n) is 4.16. The third-order valence-corrected chi connectivity index (χ3v) is 2.96. The van der Waals surface area contributed by atoms with Gasteiger partial charge in [-0.3, -0.25) is 14.5 Å². The van der Waals surface area contributed by atoms with Crippen LogP contribution in [0.2, 0.25) is 0 Å². The SMILES string of the molecule is CCNCCOCCN1C(=O)CC(CC)C1=O. The smallest absolute Gasteiger partial charge is 0.232 e. The normalized spacial score (nSPS) is 20.4. The topological polar surface area (TPSA) is 58.6 Å². The van der Waals surface area contributed by atoms with Crippen LogP contribution in [-0.4, -0.2) is 49.6 Å². The van der Waals surface area contributed by atoms with E-state index in [0.717, 1.165) is 19.5 Å². The molecule has 1 atom stereocenters. The molecule has 0 saturated carbocycles. The molecule has 5 nitrogen and oxygen atoms in total. The number of carbonyl (C=O) groups excluding carboxylic acids is 2. The summed E-state index contributed by atoms with van der Waals surface area (Å²) in [6, 6.07) is 0. The van der Waals surface area contributed by atoms with E-state index in [2.05, 4.69) is 5.32 Å². The molecule has 2 amide bonds. The minimum Gasteiger partial charge on any atom is -0.378 e. The largest absolute Gasteiger partial charge is 0.378 e. The number of hydrogen-bond donors (Lipinski definition) is 1. The predicted octanol–water partition coefficient (Wildman–Crippen LogP) is 0.398. The molecule has 0 aliphatic carbocycles. The zero-order valence-corrected chi connectivity index (χ0v) is 10.7. The molecule has 1 saturated heterocycles. The number of rotatable bonds is 8. The van der Waals surface area contributed by atoms with Gasteiger partial charge in [0.1, 0.15) is 0 Å². The zero-order valence-electron chi connectivity index (χ0n) is 10.7. The molecule has 98 valence electrons. The molecule has 1 fully saturated rings. The summed E-state index contributed by atoms with van der Waals surface area (Å²) in [5.74, 6) is -0.200. The average Bonchev–Trinajstić information content (AvgIpc) is 2.60. The van der Waals surface area contributed by atoms with Crippen LogP contribution in [0.1, 0.15) is 26.7 Å². The van der Waals surface area contributed by atoms with Crippen molar-refractivity contribution in [3.63, 3.8) is 0 Å². The van der Waals surface area contributed by atoms with Crippen LogP contribution in [0.3, 0.4) is 0 Å². The highest BCUT2D eigenvalue weighted by atomic mass is 16.5. The van der Waals surface area contributed by atoms with Crippen molar-refractivity contribution < 1.29 is 14.3 Å². The number of amides is 2. The van der Waals surface area contributed by atoms with Crippen LogP contribution in [0.25, 0.3) is 0 Å². The maximum atomic E-state index is 11.8. The molecular formula is C12H22N2O3. The van der Waals surface area contributed by atoms with Gasteiger partial charge in [-0.05, 0) is 13.0 Å². The summed E-state index contributed by atoms with van der Waals surface area (Å²) in [6.07, 6.45) is 1.11. The number of likely N-dealkylation sites (tertiary alicyclic amines) is 1. The molecule has 1 rings (SSSR count). The maximum Gasteiger partial charge on any atom is 0.232 e. The predicted molar refractivity (Wildman–Crippen MR) is 64.5 cm³/mol. The Hall–Kier alpha value is -0.940. The van der Waals surface area contributed by atoms with Crippen LogP contribution in [0.4, 0.5) is 0 Å². The highest BCUT2D eigenvalue weighted by molar-refractivity contribution is 6.03. The molecule has 0 aromatic carbocycles. The van der Waals surface area contributed by atoms with Gasteiger partial charge < -0.3 is 10.1 Å². The first-order valence-electron chi connectivity index (χ1n) is 6.33. The zero-order chi connectivity index (χ0) is 12.7. The van der Waals surface area contributed by atoms with Crippen LogP contribution in [-0.2, 0) is 14.3 Å². The molecule has 1 unspecified atom stereocenters. The number of ether oxygens (including phenoxy) is 1. The Morgan fingerprint density at radius 1 is 1.35 bits per heavy atom. The van der Waals surface area contributed by atoms with E-state index >= 15 is 0 Å². The van der Waals surface area contributed by atoms with Gasteiger partial charge in [0.25, 0.3) is 0 Å². The number of hydrogen-bond acceptors (Lipinski definition) is 4. The lowest BCUT2D eigenvalue weighted by Gasteiger charge is -2.14.